The summed E-state index contributed by atoms with van der Waals surface area (Å²) in [5.74, 6) is -1.24. The standard InChI is InChI=1S/C4H5NO3/c6-3-1-2-5-8-4(3)7/h5H,1-2H2. The fourth-order valence-corrected chi connectivity index (χ4v) is 0.440. The van der Waals surface area contributed by atoms with Crippen LogP contribution in [0.5, 0.6) is 0 Å². The molecule has 0 bridgehead atoms. The number of nitrogens with one attached hydrogen (secondary N) is 1. The molecule has 0 aromatic heterocycles. The Morgan fingerprint density at radius 1 is 1.50 bits per heavy atom. The topological polar surface area (TPSA) is 55.4 Å². The number of hydrogen-bond donors (Lipinski definition) is 1. The van der Waals surface area contributed by atoms with E-state index in [4.69, 9.17) is 0 Å². The van der Waals surface area contributed by atoms with Gasteiger partial charge in [0.25, 0.3) is 0 Å². The number of carbonyl (C=O) groups is 2. The molecule has 1 fully saturated rings. The van der Waals surface area contributed by atoms with Crippen LogP contribution in [0, 0.1) is 0 Å². The van der Waals surface area contributed by atoms with Crippen molar-refractivity contribution < 1.29 is 14.4 Å². The molecule has 4 nitrogen and oxygen atoms in total. The van der Waals surface area contributed by atoms with Crippen molar-refractivity contribution in [2.75, 3.05) is 6.54 Å². The molecule has 0 saturated carbocycles. The van der Waals surface area contributed by atoms with Gasteiger partial charge in [-0.2, -0.15) is 5.48 Å². The predicted octanol–water partition coefficient (Wildman–Crippen LogP) is -0.993. The minimum absolute atomic E-state index is 0.249. The fourth-order valence-electron chi connectivity index (χ4n) is 0.440. The molecular weight excluding hydrogens is 110 g/mol. The van der Waals surface area contributed by atoms with Crippen molar-refractivity contribution >= 4 is 11.8 Å². The summed E-state index contributed by atoms with van der Waals surface area (Å²) < 4.78 is 0. The van der Waals surface area contributed by atoms with Gasteiger partial charge >= 0.3 is 5.97 Å². The highest BCUT2D eigenvalue weighted by Gasteiger charge is 2.19. The van der Waals surface area contributed by atoms with Gasteiger partial charge in [-0.15, -0.1) is 0 Å². The lowest BCUT2D eigenvalue weighted by atomic mass is 10.3. The maximum absolute atomic E-state index is 10.3. The molecule has 4 heteroatoms. The SMILES string of the molecule is O=C1CCNOC1=O. The Balaban J connectivity index is 2.52. The van der Waals surface area contributed by atoms with Crippen LogP contribution in [0.25, 0.3) is 0 Å². The average molecular weight is 115 g/mol. The summed E-state index contributed by atoms with van der Waals surface area (Å²) in [6, 6.07) is 0. The second-order valence-corrected chi connectivity index (χ2v) is 1.46. The zero-order valence-corrected chi connectivity index (χ0v) is 4.14. The molecule has 0 spiro atoms. The quantitative estimate of drug-likeness (QED) is 0.412. The minimum atomic E-state index is -0.781. The Kier molecular flexibility index (Phi) is 1.26. The summed E-state index contributed by atoms with van der Waals surface area (Å²) in [5, 5.41) is 0. The maximum Gasteiger partial charge on any atom is 0.393 e. The van der Waals surface area contributed by atoms with Crippen LogP contribution < -0.4 is 5.48 Å². The highest BCUT2D eigenvalue weighted by atomic mass is 16.7. The smallest absolute Gasteiger partial charge is 0.365 e. The van der Waals surface area contributed by atoms with E-state index in [-0.39, 0.29) is 6.42 Å². The summed E-state index contributed by atoms with van der Waals surface area (Å²) in [5.41, 5.74) is 2.29. The largest absolute Gasteiger partial charge is 0.393 e. The number of rotatable bonds is 0. The lowest BCUT2D eigenvalue weighted by Gasteiger charge is -2.08. The number of ketones is 1. The van der Waals surface area contributed by atoms with Gasteiger partial charge in [0.1, 0.15) is 0 Å². The van der Waals surface area contributed by atoms with Gasteiger partial charge in [-0.05, 0) is 0 Å². The van der Waals surface area contributed by atoms with E-state index in [1.807, 2.05) is 0 Å². The fraction of sp³-hybridized carbons (Fsp3) is 0.500. The summed E-state index contributed by atoms with van der Waals surface area (Å²) in [6.45, 7) is 0.435. The van der Waals surface area contributed by atoms with Gasteiger partial charge in [-0.1, -0.05) is 0 Å². The van der Waals surface area contributed by atoms with Crippen molar-refractivity contribution in [3.8, 4) is 0 Å². The van der Waals surface area contributed by atoms with Crippen LogP contribution in [0.15, 0.2) is 0 Å². The summed E-state index contributed by atoms with van der Waals surface area (Å²) in [4.78, 5) is 24.6. The molecule has 0 radical (unpaired) electrons. The third-order valence-electron chi connectivity index (χ3n) is 0.847. The molecule has 1 aliphatic heterocycles. The number of hydroxylamine groups is 1. The third kappa shape index (κ3) is 0.840. The van der Waals surface area contributed by atoms with E-state index in [1.54, 1.807) is 0 Å². The molecule has 1 heterocycles. The molecule has 0 aromatic carbocycles. The molecule has 1 rings (SSSR count). The van der Waals surface area contributed by atoms with Crippen molar-refractivity contribution in [3.05, 3.63) is 0 Å². The van der Waals surface area contributed by atoms with Crippen LogP contribution in [0.3, 0.4) is 0 Å². The van der Waals surface area contributed by atoms with Gasteiger partial charge in [0, 0.05) is 13.0 Å². The molecule has 8 heavy (non-hydrogen) atoms. The van der Waals surface area contributed by atoms with Crippen molar-refractivity contribution in [1.29, 1.82) is 0 Å². The second kappa shape index (κ2) is 1.92. The van der Waals surface area contributed by atoms with E-state index in [0.29, 0.717) is 6.54 Å². The third-order valence-corrected chi connectivity index (χ3v) is 0.847. The molecule has 0 atom stereocenters. The molecule has 1 saturated heterocycles. The Labute approximate surface area is 45.8 Å². The van der Waals surface area contributed by atoms with Crippen LogP contribution in [0.2, 0.25) is 0 Å². The molecular formula is C4H5NO3. The molecule has 0 aliphatic carbocycles. The van der Waals surface area contributed by atoms with Gasteiger partial charge < -0.3 is 4.84 Å². The predicted molar refractivity (Wildman–Crippen MR) is 23.7 cm³/mol. The number of carbonyl (C=O) groups excluding carboxylic acids is 2. The maximum atomic E-state index is 10.3. The first-order valence-corrected chi connectivity index (χ1v) is 2.27. The van der Waals surface area contributed by atoms with Crippen LogP contribution in [0.4, 0.5) is 0 Å². The van der Waals surface area contributed by atoms with E-state index in [1.165, 1.54) is 0 Å². The Morgan fingerprint density at radius 2 is 2.25 bits per heavy atom. The first-order chi connectivity index (χ1) is 3.80. The molecule has 44 valence electrons. The highest BCUT2D eigenvalue weighted by Crippen LogP contribution is 1.90. The first-order valence-electron chi connectivity index (χ1n) is 2.27. The van der Waals surface area contributed by atoms with Crippen LogP contribution in [-0.4, -0.2) is 18.3 Å². The van der Waals surface area contributed by atoms with E-state index in [0.717, 1.165) is 0 Å². The van der Waals surface area contributed by atoms with Crippen molar-refractivity contribution in [1.82, 2.24) is 5.48 Å². The molecule has 0 aromatic rings. The van der Waals surface area contributed by atoms with Gasteiger partial charge in [0.2, 0.25) is 5.78 Å². The Hall–Kier alpha value is -0.900. The molecule has 0 unspecified atom stereocenters. The van der Waals surface area contributed by atoms with E-state index < -0.39 is 11.8 Å². The summed E-state index contributed by atoms with van der Waals surface area (Å²) in [7, 11) is 0. The number of Topliss-reactive ketones (excluding diaryl/α,β-unsaturated/α-hetero) is 1. The van der Waals surface area contributed by atoms with Crippen molar-refractivity contribution in [3.63, 3.8) is 0 Å². The van der Waals surface area contributed by atoms with Crippen molar-refractivity contribution in [2.45, 2.75) is 6.42 Å². The zero-order chi connectivity index (χ0) is 5.98. The van der Waals surface area contributed by atoms with Gasteiger partial charge in [0.05, 0.1) is 0 Å². The monoisotopic (exact) mass is 115 g/mol. The second-order valence-electron chi connectivity index (χ2n) is 1.46. The molecule has 0 amide bonds. The van der Waals surface area contributed by atoms with Gasteiger partial charge in [-0.3, -0.25) is 4.79 Å². The van der Waals surface area contributed by atoms with Gasteiger partial charge in [-0.25, -0.2) is 4.79 Å². The lowest BCUT2D eigenvalue weighted by molar-refractivity contribution is -0.163. The van der Waals surface area contributed by atoms with Crippen LogP contribution in [0.1, 0.15) is 6.42 Å². The highest BCUT2D eigenvalue weighted by molar-refractivity contribution is 6.33. The van der Waals surface area contributed by atoms with Crippen LogP contribution in [-0.2, 0) is 14.4 Å². The van der Waals surface area contributed by atoms with E-state index in [2.05, 4.69) is 10.3 Å². The minimum Gasteiger partial charge on any atom is -0.365 e. The van der Waals surface area contributed by atoms with E-state index in [9.17, 15) is 9.59 Å². The normalized spacial score (nSPS) is 20.5. The Morgan fingerprint density at radius 3 is 2.62 bits per heavy atom. The lowest BCUT2D eigenvalue weighted by Crippen LogP contribution is -2.34. The molecule has 1 N–H and O–H groups in total. The summed E-state index contributed by atoms with van der Waals surface area (Å²) in [6.07, 6.45) is 0.249. The Bertz CT molecular complexity index is 115. The van der Waals surface area contributed by atoms with Crippen molar-refractivity contribution in [2.24, 2.45) is 0 Å². The molecule has 1 aliphatic rings. The average Bonchev–Trinajstić information content (AvgIpc) is 1.77. The first kappa shape index (κ1) is 5.24. The zero-order valence-electron chi connectivity index (χ0n) is 4.14. The summed E-state index contributed by atoms with van der Waals surface area (Å²) >= 11 is 0. The van der Waals surface area contributed by atoms with Crippen LogP contribution >= 0.6 is 0 Å². The van der Waals surface area contributed by atoms with E-state index >= 15 is 0 Å². The van der Waals surface area contributed by atoms with Gasteiger partial charge in [0.15, 0.2) is 0 Å². The number of hydrogen-bond acceptors (Lipinski definition) is 4.